The highest BCUT2D eigenvalue weighted by molar-refractivity contribution is 6.08. The minimum atomic E-state index is -2.73. The molecule has 2 saturated heterocycles. The van der Waals surface area contributed by atoms with Crippen LogP contribution in [0.1, 0.15) is 80.2 Å². The molecule has 2 fully saturated rings. The Kier molecular flexibility index (Phi) is 11.4. The van der Waals surface area contributed by atoms with Crippen molar-refractivity contribution in [3.8, 4) is 5.75 Å². The van der Waals surface area contributed by atoms with Crippen LogP contribution in [0.2, 0.25) is 0 Å². The van der Waals surface area contributed by atoms with Gasteiger partial charge in [-0.2, -0.15) is 0 Å². The van der Waals surface area contributed by atoms with Crippen molar-refractivity contribution in [1.82, 2.24) is 0 Å². The molecule has 5 aromatic carbocycles. The molecule has 22 heteroatoms. The Bertz CT molecular complexity index is 3050. The molecule has 9 rings (SSSR count). The van der Waals surface area contributed by atoms with E-state index >= 15 is 19.2 Å². The lowest BCUT2D eigenvalue weighted by Crippen LogP contribution is -2.67. The summed E-state index contributed by atoms with van der Waals surface area (Å²) in [7, 11) is 1.42. The van der Waals surface area contributed by atoms with Gasteiger partial charge in [-0.05, 0) is 58.5 Å². The zero-order valence-electron chi connectivity index (χ0n) is 38.7. The molecule has 4 aliphatic rings. The van der Waals surface area contributed by atoms with Crippen LogP contribution in [0.4, 0.5) is 28.4 Å². The molecule has 4 atom stereocenters. The molecule has 72 heavy (non-hydrogen) atoms. The maximum Gasteiger partial charge on any atom is 0.330 e. The number of anilines is 1. The Labute approximate surface area is 407 Å². The number of nitro benzene ring substituents is 4. The van der Waals surface area contributed by atoms with Crippen LogP contribution in [-0.4, -0.2) is 62.3 Å². The summed E-state index contributed by atoms with van der Waals surface area (Å²) in [4.78, 5) is 111. The third-order valence-electron chi connectivity index (χ3n) is 13.6. The quantitative estimate of drug-likeness (QED) is 0.0548. The Balaban J connectivity index is 1.52. The van der Waals surface area contributed by atoms with Crippen LogP contribution >= 0.6 is 0 Å². The Morgan fingerprint density at radius 1 is 0.486 bits per heavy atom. The maximum absolute atomic E-state index is 15.9. The number of cyclic esters (lactones) is 4. The highest BCUT2D eigenvalue weighted by Crippen LogP contribution is 2.71. The molecule has 3 heterocycles. The molecule has 22 nitrogen and oxygen atoms in total. The topological polar surface area (TPSA) is 290 Å². The highest BCUT2D eigenvalue weighted by atomic mass is 16.8. The number of hydrogen-bond acceptors (Lipinski definition) is 18. The van der Waals surface area contributed by atoms with Crippen molar-refractivity contribution in [1.29, 1.82) is 0 Å². The summed E-state index contributed by atoms with van der Waals surface area (Å²) in [5.74, 6) is -13.2. The van der Waals surface area contributed by atoms with E-state index in [0.717, 1.165) is 36.4 Å². The monoisotopic (exact) mass is 983 g/mol. The van der Waals surface area contributed by atoms with E-state index in [9.17, 15) is 40.5 Å². The van der Waals surface area contributed by atoms with E-state index in [-0.39, 0.29) is 50.6 Å². The van der Waals surface area contributed by atoms with Crippen LogP contribution in [-0.2, 0) is 38.1 Å². The largest absolute Gasteiger partial charge is 0.497 e. The number of rotatable bonds is 10. The summed E-state index contributed by atoms with van der Waals surface area (Å²) in [6.07, 6.45) is -0.411. The SMILES string of the molecule is COc1ccc(N2C3=C([C@H](c4ccc([N+](=O)[O-])cc4)C4(C(=O)OC(C)(C)OC4=O)[C@@H]2c2ccc([N+](=O)[O-])cc2)[C@H](c2ccc([N+](=O)[O-])cc2)C2(C(=O)OC(C)(C)OC2=O)[C@H](c2ccc([N+](=O)[O-])cc2)C3)cc1. The van der Waals surface area contributed by atoms with Gasteiger partial charge in [0.05, 0.1) is 32.8 Å². The molecule has 0 N–H and O–H groups in total. The molecular weight excluding hydrogens is 943 g/mol. The van der Waals surface area contributed by atoms with Crippen LogP contribution in [0.25, 0.3) is 0 Å². The summed E-state index contributed by atoms with van der Waals surface area (Å²) in [6.45, 7) is 5.25. The van der Waals surface area contributed by atoms with Crippen molar-refractivity contribution < 1.29 is 62.6 Å². The lowest BCUT2D eigenvalue weighted by atomic mass is 9.48. The third kappa shape index (κ3) is 7.49. The van der Waals surface area contributed by atoms with E-state index in [0.29, 0.717) is 5.75 Å². The summed E-state index contributed by atoms with van der Waals surface area (Å²) >= 11 is 0. The fourth-order valence-corrected chi connectivity index (χ4v) is 10.7. The van der Waals surface area contributed by atoms with Crippen molar-refractivity contribution in [3.05, 3.63) is 195 Å². The minimum absolute atomic E-state index is 0.0109. The number of carbonyl (C=O) groups is 4. The first kappa shape index (κ1) is 48.0. The molecule has 0 radical (unpaired) electrons. The summed E-state index contributed by atoms with van der Waals surface area (Å²) < 4.78 is 29.8. The number of esters is 4. The molecule has 0 saturated carbocycles. The van der Waals surface area contributed by atoms with Crippen LogP contribution in [0.15, 0.2) is 133 Å². The van der Waals surface area contributed by atoms with E-state index < -0.39 is 108 Å². The number of methoxy groups -OCH3 is 1. The lowest BCUT2D eigenvalue weighted by molar-refractivity contribution is -0.385. The number of allylic oxidation sites excluding steroid dienone is 2. The van der Waals surface area contributed by atoms with Crippen LogP contribution in [0, 0.1) is 51.3 Å². The Hall–Kier alpha value is -9.08. The zero-order valence-corrected chi connectivity index (χ0v) is 38.7. The first-order chi connectivity index (χ1) is 34.0. The van der Waals surface area contributed by atoms with Gasteiger partial charge in [0, 0.05) is 105 Å². The third-order valence-corrected chi connectivity index (χ3v) is 13.6. The summed E-state index contributed by atoms with van der Waals surface area (Å²) in [6, 6.07) is 24.3. The van der Waals surface area contributed by atoms with E-state index in [1.165, 1.54) is 95.5 Å². The van der Waals surface area contributed by atoms with Gasteiger partial charge in [-0.15, -0.1) is 0 Å². The molecule has 0 bridgehead atoms. The number of benzene rings is 5. The van der Waals surface area contributed by atoms with E-state index in [1.54, 1.807) is 29.2 Å². The van der Waals surface area contributed by atoms with E-state index in [2.05, 4.69) is 0 Å². The molecular formula is C50H41N5O17. The Morgan fingerprint density at radius 2 is 0.819 bits per heavy atom. The standard InChI is InChI=1S/C50H41N5O17/c1-47(2)69-43(56)49(44(57)70-47)37(27-6-14-32(15-7-27)52(60)61)26-38-39(40(49)28-8-16-33(17-9-28)53(62)63)41(29-10-18-34(19-11-29)54(64)65)50(45(58)71-48(3,4)72-46(50)59)42(30-12-20-35(21-13-30)55(66)67)51(38)31-22-24-36(68-5)25-23-31/h6-25,37,40-42H,26H2,1-5H3/t37-,40-,41-,42-/m0/s1. The average molecular weight is 984 g/mol. The first-order valence-electron chi connectivity index (χ1n) is 22.1. The fraction of sp³-hybridized carbons (Fsp3) is 0.280. The first-order valence-corrected chi connectivity index (χ1v) is 22.1. The second-order valence-electron chi connectivity index (χ2n) is 18.5. The summed E-state index contributed by atoms with van der Waals surface area (Å²) in [5, 5.41) is 48.6. The van der Waals surface area contributed by atoms with Crippen molar-refractivity contribution in [2.24, 2.45) is 10.8 Å². The van der Waals surface area contributed by atoms with Gasteiger partial charge in [-0.1, -0.05) is 48.5 Å². The van der Waals surface area contributed by atoms with Gasteiger partial charge >= 0.3 is 23.9 Å². The van der Waals surface area contributed by atoms with Gasteiger partial charge in [0.25, 0.3) is 34.3 Å². The van der Waals surface area contributed by atoms with E-state index in [4.69, 9.17) is 23.7 Å². The molecule has 0 unspecified atom stereocenters. The fourth-order valence-electron chi connectivity index (χ4n) is 10.7. The van der Waals surface area contributed by atoms with Crippen LogP contribution in [0.3, 0.4) is 0 Å². The molecule has 2 spiro atoms. The van der Waals surface area contributed by atoms with Gasteiger partial charge in [0.1, 0.15) is 5.75 Å². The van der Waals surface area contributed by atoms with E-state index in [1.807, 2.05) is 0 Å². The zero-order chi connectivity index (χ0) is 51.8. The average Bonchev–Trinajstić information content (AvgIpc) is 3.33. The number of carbonyl (C=O) groups excluding carboxylic acids is 4. The van der Waals surface area contributed by atoms with Crippen molar-refractivity contribution in [2.45, 2.75) is 69.5 Å². The van der Waals surface area contributed by atoms with Crippen LogP contribution < -0.4 is 9.64 Å². The highest BCUT2D eigenvalue weighted by Gasteiger charge is 2.76. The van der Waals surface area contributed by atoms with Gasteiger partial charge in [-0.25, -0.2) is 0 Å². The lowest BCUT2D eigenvalue weighted by Gasteiger charge is -2.61. The molecule has 368 valence electrons. The second-order valence-corrected chi connectivity index (χ2v) is 18.5. The molecule has 5 aromatic rings. The molecule has 3 aliphatic heterocycles. The molecule has 0 amide bonds. The van der Waals surface area contributed by atoms with Crippen molar-refractivity contribution >= 4 is 52.3 Å². The molecule has 0 aromatic heterocycles. The van der Waals surface area contributed by atoms with Gasteiger partial charge in [-0.3, -0.25) is 59.6 Å². The van der Waals surface area contributed by atoms with Crippen molar-refractivity contribution in [3.63, 3.8) is 0 Å². The smallest absolute Gasteiger partial charge is 0.330 e. The normalized spacial score (nSPS) is 22.4. The Morgan fingerprint density at radius 3 is 1.18 bits per heavy atom. The van der Waals surface area contributed by atoms with Crippen LogP contribution in [0.5, 0.6) is 5.75 Å². The van der Waals surface area contributed by atoms with Crippen molar-refractivity contribution in [2.75, 3.05) is 12.0 Å². The van der Waals surface area contributed by atoms with Gasteiger partial charge in [0.15, 0.2) is 10.8 Å². The van der Waals surface area contributed by atoms with Gasteiger partial charge < -0.3 is 28.6 Å². The predicted octanol–water partition coefficient (Wildman–Crippen LogP) is 8.54. The number of hydrogen-bond donors (Lipinski definition) is 0. The maximum atomic E-state index is 15.9. The predicted molar refractivity (Wildman–Crippen MR) is 248 cm³/mol. The number of nitrogens with zero attached hydrogens (tertiary/aromatic N) is 5. The summed E-state index contributed by atoms with van der Waals surface area (Å²) in [5.41, 5.74) is -6.23. The minimum Gasteiger partial charge on any atom is -0.497 e. The number of non-ortho nitro benzene ring substituents is 4. The van der Waals surface area contributed by atoms with Gasteiger partial charge in [0.2, 0.25) is 0 Å². The number of ether oxygens (including phenoxy) is 5. The molecule has 1 aliphatic carbocycles. The second kappa shape index (κ2) is 17.1. The number of nitro groups is 4.